The first-order chi connectivity index (χ1) is 20.6. The number of nitrogens with zero attached hydrogens (tertiary/aromatic N) is 3. The number of carboxylic acids is 1. The fourth-order valence-electron chi connectivity index (χ4n) is 6.67. The monoisotopic (exact) mass is 585 g/mol. The van der Waals surface area contributed by atoms with Crippen LogP contribution in [0.5, 0.6) is 0 Å². The fraction of sp³-hybridized carbons (Fsp3) is 0.281. The maximum atomic E-state index is 14.4. The number of fused-ring (bicyclic) bond motifs is 5. The number of nitrogens with one attached hydrogen (secondary N) is 1. The Bertz CT molecular complexity index is 1770. The van der Waals surface area contributed by atoms with Crippen molar-refractivity contribution in [2.45, 2.75) is 57.0 Å². The molecular weight excluding hydrogens is 556 g/mol. The number of primary amides is 1. The highest BCUT2D eigenvalue weighted by Crippen LogP contribution is 2.54. The van der Waals surface area contributed by atoms with E-state index in [0.29, 0.717) is 27.9 Å². The van der Waals surface area contributed by atoms with Crippen LogP contribution in [-0.2, 0) is 17.8 Å². The number of hydrogen-bond donors (Lipinski definition) is 3. The molecular formula is C32H29F2N5O4. The zero-order chi connectivity index (χ0) is 30.4. The Balaban J connectivity index is 1.37. The van der Waals surface area contributed by atoms with Crippen LogP contribution in [0.25, 0.3) is 11.1 Å². The predicted molar refractivity (Wildman–Crippen MR) is 152 cm³/mol. The smallest absolute Gasteiger partial charge is 0.356 e. The normalized spacial score (nSPS) is 17.5. The number of rotatable bonds is 9. The van der Waals surface area contributed by atoms with Crippen molar-refractivity contribution in [3.05, 3.63) is 106 Å². The van der Waals surface area contributed by atoms with E-state index in [1.165, 1.54) is 28.9 Å². The maximum Gasteiger partial charge on any atom is 0.356 e. The zero-order valence-electron chi connectivity index (χ0n) is 23.3. The predicted octanol–water partition coefficient (Wildman–Crippen LogP) is 4.79. The van der Waals surface area contributed by atoms with Crippen molar-refractivity contribution in [2.75, 3.05) is 0 Å². The topological polar surface area (TPSA) is 140 Å². The van der Waals surface area contributed by atoms with Gasteiger partial charge in [-0.05, 0) is 85.5 Å². The van der Waals surface area contributed by atoms with E-state index >= 15 is 0 Å². The third kappa shape index (κ3) is 5.38. The summed E-state index contributed by atoms with van der Waals surface area (Å²) in [6, 6.07) is 11.2. The van der Waals surface area contributed by atoms with E-state index in [9.17, 15) is 28.3 Å². The average Bonchev–Trinajstić information content (AvgIpc) is 3.66. The highest BCUT2D eigenvalue weighted by molar-refractivity contribution is 5.94. The third-order valence-corrected chi connectivity index (χ3v) is 8.34. The van der Waals surface area contributed by atoms with Crippen molar-refractivity contribution in [1.82, 2.24) is 20.1 Å². The van der Waals surface area contributed by atoms with Crippen molar-refractivity contribution in [3.8, 4) is 11.1 Å². The Labute approximate surface area is 245 Å². The molecule has 3 atom stereocenters. The molecule has 2 heterocycles. The molecule has 1 saturated carbocycles. The lowest BCUT2D eigenvalue weighted by atomic mass is 9.94. The van der Waals surface area contributed by atoms with Crippen molar-refractivity contribution < 1.29 is 28.3 Å². The van der Waals surface area contributed by atoms with Crippen molar-refractivity contribution >= 4 is 17.8 Å². The summed E-state index contributed by atoms with van der Waals surface area (Å²) in [5, 5.41) is 17.1. The van der Waals surface area contributed by atoms with Gasteiger partial charge in [-0.2, -0.15) is 5.10 Å². The third-order valence-electron chi connectivity index (χ3n) is 8.34. The van der Waals surface area contributed by atoms with Crippen molar-refractivity contribution in [1.29, 1.82) is 0 Å². The van der Waals surface area contributed by atoms with Crippen LogP contribution in [-0.4, -0.2) is 37.7 Å². The first kappa shape index (κ1) is 28.2. The summed E-state index contributed by atoms with van der Waals surface area (Å²) in [4.78, 5) is 42.0. The van der Waals surface area contributed by atoms with Crippen LogP contribution in [0, 0.1) is 18.6 Å². The molecule has 2 amide bonds. The number of aromatic carboxylic acids is 1. The Morgan fingerprint density at radius 1 is 1.12 bits per heavy atom. The molecule has 2 bridgehead atoms. The highest BCUT2D eigenvalue weighted by atomic mass is 19.1. The van der Waals surface area contributed by atoms with E-state index in [2.05, 4.69) is 15.4 Å². The lowest BCUT2D eigenvalue weighted by molar-refractivity contribution is -0.122. The Hall–Kier alpha value is -4.93. The van der Waals surface area contributed by atoms with E-state index < -0.39 is 35.5 Å². The van der Waals surface area contributed by atoms with Gasteiger partial charge in [-0.3, -0.25) is 19.3 Å². The number of aryl methyl sites for hydroxylation is 1. The quantitative estimate of drug-likeness (QED) is 0.258. The molecule has 11 heteroatoms. The van der Waals surface area contributed by atoms with E-state index in [4.69, 9.17) is 5.73 Å². The van der Waals surface area contributed by atoms with Gasteiger partial charge in [0.05, 0.1) is 17.3 Å². The van der Waals surface area contributed by atoms with Crippen LogP contribution in [0.1, 0.15) is 86.1 Å². The highest BCUT2D eigenvalue weighted by Gasteiger charge is 2.44. The molecule has 2 aliphatic rings. The molecule has 4 N–H and O–H groups in total. The van der Waals surface area contributed by atoms with Crippen LogP contribution < -0.4 is 11.1 Å². The second-order valence-corrected chi connectivity index (χ2v) is 11.3. The molecule has 4 aromatic rings. The summed E-state index contributed by atoms with van der Waals surface area (Å²) in [6.45, 7) is 1.56. The molecule has 2 aromatic heterocycles. The number of aromatic nitrogens is 3. The zero-order valence-corrected chi connectivity index (χ0v) is 23.3. The molecule has 0 spiro atoms. The summed E-state index contributed by atoms with van der Waals surface area (Å²) in [7, 11) is 0. The van der Waals surface area contributed by atoms with Gasteiger partial charge in [0.25, 0.3) is 5.91 Å². The minimum Gasteiger partial charge on any atom is -0.476 e. The molecule has 6 rings (SSSR count). The molecule has 43 heavy (non-hydrogen) atoms. The van der Waals surface area contributed by atoms with Crippen LogP contribution in [0.3, 0.4) is 0 Å². The van der Waals surface area contributed by atoms with E-state index in [1.54, 1.807) is 25.3 Å². The summed E-state index contributed by atoms with van der Waals surface area (Å²) in [5.74, 6) is -3.35. The number of halogens is 2. The number of benzene rings is 2. The van der Waals surface area contributed by atoms with Gasteiger partial charge in [0.15, 0.2) is 5.69 Å². The first-order valence-corrected chi connectivity index (χ1v) is 14.0. The van der Waals surface area contributed by atoms with Gasteiger partial charge in [0, 0.05) is 28.9 Å². The number of hydrogen-bond acceptors (Lipinski definition) is 5. The van der Waals surface area contributed by atoms with Crippen LogP contribution >= 0.6 is 0 Å². The molecule has 0 aliphatic heterocycles. The van der Waals surface area contributed by atoms with Gasteiger partial charge in [-0.25, -0.2) is 13.6 Å². The average molecular weight is 586 g/mol. The SMILES string of the molecule is Cc1cc(F)cc(C[C@H](NC(=O)Cn2nc(C(=O)O)c3c2C2CCC3C2)c2ncccc2-c2ccc(F)c(C(N)=O)c2)c1. The Morgan fingerprint density at radius 2 is 1.91 bits per heavy atom. The molecule has 2 aromatic carbocycles. The summed E-state index contributed by atoms with van der Waals surface area (Å²) >= 11 is 0. The van der Waals surface area contributed by atoms with Crippen LogP contribution in [0.15, 0.2) is 54.7 Å². The van der Waals surface area contributed by atoms with Gasteiger partial charge in [-0.1, -0.05) is 18.2 Å². The van der Waals surface area contributed by atoms with E-state index in [1.807, 2.05) is 6.07 Å². The summed E-state index contributed by atoms with van der Waals surface area (Å²) in [5.41, 5.74) is 9.34. The minimum absolute atomic E-state index is 0.00429. The van der Waals surface area contributed by atoms with Gasteiger partial charge >= 0.3 is 5.97 Å². The van der Waals surface area contributed by atoms with Crippen molar-refractivity contribution in [3.63, 3.8) is 0 Å². The lowest BCUT2D eigenvalue weighted by Crippen LogP contribution is -2.34. The number of carbonyl (C=O) groups is 3. The molecule has 9 nitrogen and oxygen atoms in total. The largest absolute Gasteiger partial charge is 0.476 e. The molecule has 0 radical (unpaired) electrons. The van der Waals surface area contributed by atoms with Gasteiger partial charge < -0.3 is 16.2 Å². The number of amides is 2. The first-order valence-electron chi connectivity index (χ1n) is 14.0. The van der Waals surface area contributed by atoms with Crippen LogP contribution in [0.4, 0.5) is 8.78 Å². The molecule has 2 aliphatic carbocycles. The maximum absolute atomic E-state index is 14.4. The van der Waals surface area contributed by atoms with E-state index in [0.717, 1.165) is 36.6 Å². The Kier molecular flexibility index (Phi) is 7.25. The van der Waals surface area contributed by atoms with Gasteiger partial charge in [0.1, 0.15) is 18.2 Å². The minimum atomic E-state index is -1.12. The summed E-state index contributed by atoms with van der Waals surface area (Å²) in [6.07, 6.45) is 4.41. The fourth-order valence-corrected chi connectivity index (χ4v) is 6.67. The van der Waals surface area contributed by atoms with Crippen molar-refractivity contribution in [2.24, 2.45) is 5.73 Å². The number of nitrogens with two attached hydrogens (primary N) is 1. The number of carboxylic acid groups (broad SMARTS) is 1. The van der Waals surface area contributed by atoms with Gasteiger partial charge in [-0.15, -0.1) is 0 Å². The number of carbonyl (C=O) groups excluding carboxylic acids is 2. The molecule has 220 valence electrons. The molecule has 2 unspecified atom stereocenters. The second kappa shape index (κ2) is 11.0. The lowest BCUT2D eigenvalue weighted by Gasteiger charge is -2.22. The Morgan fingerprint density at radius 3 is 2.65 bits per heavy atom. The molecule has 0 saturated heterocycles. The second-order valence-electron chi connectivity index (χ2n) is 11.3. The summed E-state index contributed by atoms with van der Waals surface area (Å²) < 4.78 is 30.1. The number of pyridine rings is 1. The standard InChI is InChI=1S/C32H29F2N5O4/c1-16-9-17(11-21(33)10-16)12-25(28-22(3-2-8-36-28)18-6-7-24(34)23(14-18)31(35)41)37-26(40)15-39-30-20-5-4-19(13-20)27(30)29(38-39)32(42)43/h2-3,6-11,14,19-20,25H,4-5,12-13,15H2,1H3,(H2,35,41)(H,37,40)(H,42,43)/t19?,20?,25-/m0/s1. The van der Waals surface area contributed by atoms with Gasteiger partial charge in [0.2, 0.25) is 5.91 Å². The van der Waals surface area contributed by atoms with E-state index in [-0.39, 0.29) is 36.1 Å². The van der Waals surface area contributed by atoms with Crippen LogP contribution in [0.2, 0.25) is 0 Å². The molecule has 1 fully saturated rings.